The lowest BCUT2D eigenvalue weighted by Gasteiger charge is -2.12. The van der Waals surface area contributed by atoms with Gasteiger partial charge < -0.3 is 9.88 Å². The lowest BCUT2D eigenvalue weighted by molar-refractivity contribution is -0.120. The number of fused-ring (bicyclic) bond motifs is 1. The molecule has 0 radical (unpaired) electrons. The first-order chi connectivity index (χ1) is 14.5. The largest absolute Gasteiger partial charge is 0.338 e. The van der Waals surface area contributed by atoms with Crippen molar-refractivity contribution in [3.05, 3.63) is 63.1 Å². The van der Waals surface area contributed by atoms with E-state index in [-0.39, 0.29) is 17.7 Å². The summed E-state index contributed by atoms with van der Waals surface area (Å²) >= 11 is 0. The van der Waals surface area contributed by atoms with E-state index in [9.17, 15) is 19.2 Å². The molecule has 3 amide bonds. The lowest BCUT2D eigenvalue weighted by Crippen LogP contribution is -2.47. The van der Waals surface area contributed by atoms with E-state index in [0.29, 0.717) is 19.5 Å². The minimum atomic E-state index is -0.754. The van der Waals surface area contributed by atoms with E-state index in [2.05, 4.69) is 15.6 Å². The minimum Gasteiger partial charge on any atom is -0.338 e. The van der Waals surface area contributed by atoms with Gasteiger partial charge in [-0.15, -0.1) is 0 Å². The summed E-state index contributed by atoms with van der Waals surface area (Å²) in [7, 11) is 0. The average molecular weight is 412 g/mol. The second-order valence-corrected chi connectivity index (χ2v) is 6.75. The summed E-state index contributed by atoms with van der Waals surface area (Å²) in [6.45, 7) is 4.23. The summed E-state index contributed by atoms with van der Waals surface area (Å²) in [6.07, 6.45) is 2.21. The smallest absolute Gasteiger partial charge is 0.333 e. The second kappa shape index (κ2) is 9.21. The van der Waals surface area contributed by atoms with Crippen LogP contribution in [0.5, 0.6) is 0 Å². The van der Waals surface area contributed by atoms with Gasteiger partial charge in [0.25, 0.3) is 5.56 Å². The molecule has 30 heavy (non-hydrogen) atoms. The molecule has 2 aromatic heterocycles. The molecular formula is C20H24N6O4. The first kappa shape index (κ1) is 21.0. The second-order valence-electron chi connectivity index (χ2n) is 6.75. The molecule has 0 fully saturated rings. The fourth-order valence-electron chi connectivity index (χ4n) is 3.12. The Bertz CT molecular complexity index is 1180. The Balaban J connectivity index is 2.03. The number of carbonyl (C=O) groups is 2. The van der Waals surface area contributed by atoms with E-state index in [1.54, 1.807) is 4.57 Å². The Labute approximate surface area is 172 Å². The number of aromatic nitrogens is 4. The van der Waals surface area contributed by atoms with Crippen LogP contribution >= 0.6 is 0 Å². The van der Waals surface area contributed by atoms with Gasteiger partial charge in [-0.25, -0.2) is 19.1 Å². The van der Waals surface area contributed by atoms with E-state index < -0.39 is 29.7 Å². The highest BCUT2D eigenvalue weighted by molar-refractivity contribution is 5.94. The molecule has 0 aliphatic rings. The van der Waals surface area contributed by atoms with Gasteiger partial charge in [-0.2, -0.15) is 0 Å². The maximum atomic E-state index is 13.1. The van der Waals surface area contributed by atoms with Gasteiger partial charge in [-0.1, -0.05) is 37.3 Å². The van der Waals surface area contributed by atoms with Gasteiger partial charge in [0.05, 0.1) is 12.9 Å². The van der Waals surface area contributed by atoms with Gasteiger partial charge in [-0.3, -0.25) is 19.5 Å². The van der Waals surface area contributed by atoms with E-state index >= 15 is 0 Å². The van der Waals surface area contributed by atoms with Gasteiger partial charge >= 0.3 is 11.7 Å². The molecule has 0 saturated heterocycles. The zero-order valence-electron chi connectivity index (χ0n) is 16.9. The van der Waals surface area contributed by atoms with E-state index in [1.165, 1.54) is 10.9 Å². The molecule has 3 aromatic rings. The van der Waals surface area contributed by atoms with E-state index in [0.717, 1.165) is 10.1 Å². The highest BCUT2D eigenvalue weighted by Gasteiger charge is 2.20. The maximum Gasteiger partial charge on any atom is 0.333 e. The Morgan fingerprint density at radius 1 is 1.07 bits per heavy atom. The van der Waals surface area contributed by atoms with Crippen molar-refractivity contribution in [2.75, 3.05) is 6.54 Å². The summed E-state index contributed by atoms with van der Waals surface area (Å²) in [6, 6.07) is 8.60. The molecule has 0 unspecified atom stereocenters. The SMILES string of the molecule is CCCNC(=O)NC(=O)Cn1c(=O)c2c(ncn2CC)n(Cc2ccccc2)c1=O. The van der Waals surface area contributed by atoms with Crippen LogP contribution in [0.25, 0.3) is 11.2 Å². The van der Waals surface area contributed by atoms with Crippen molar-refractivity contribution in [3.63, 3.8) is 0 Å². The molecule has 0 aliphatic carbocycles. The lowest BCUT2D eigenvalue weighted by atomic mass is 10.2. The van der Waals surface area contributed by atoms with Crippen LogP contribution in [-0.4, -0.2) is 37.2 Å². The maximum absolute atomic E-state index is 13.1. The molecule has 10 heteroatoms. The number of imidazole rings is 1. The number of imide groups is 1. The molecule has 158 valence electrons. The summed E-state index contributed by atoms with van der Waals surface area (Å²) in [5.74, 6) is -0.754. The standard InChI is InChI=1S/C20H24N6O4/c1-3-10-21-19(29)23-15(27)12-26-18(28)16-17(22-13-24(16)4-2)25(20(26)30)11-14-8-6-5-7-9-14/h5-9,13H,3-4,10-12H2,1-2H3,(H2,21,23,27,29). The number of urea groups is 1. The van der Waals surface area contributed by atoms with Crippen molar-refractivity contribution in [2.24, 2.45) is 0 Å². The third-order valence-electron chi connectivity index (χ3n) is 4.60. The van der Waals surface area contributed by atoms with Gasteiger partial charge in [0.2, 0.25) is 5.91 Å². The van der Waals surface area contributed by atoms with Crippen LogP contribution < -0.4 is 21.9 Å². The number of nitrogens with zero attached hydrogens (tertiary/aromatic N) is 4. The van der Waals surface area contributed by atoms with Crippen molar-refractivity contribution in [1.82, 2.24) is 29.3 Å². The zero-order chi connectivity index (χ0) is 21.7. The third kappa shape index (κ3) is 4.32. The number of rotatable bonds is 7. The van der Waals surface area contributed by atoms with Gasteiger partial charge in [0.15, 0.2) is 11.2 Å². The molecule has 0 saturated carbocycles. The zero-order valence-corrected chi connectivity index (χ0v) is 16.9. The van der Waals surface area contributed by atoms with E-state index in [4.69, 9.17) is 0 Å². The third-order valence-corrected chi connectivity index (χ3v) is 4.60. The van der Waals surface area contributed by atoms with Crippen LogP contribution in [0, 0.1) is 0 Å². The summed E-state index contributed by atoms with van der Waals surface area (Å²) in [5.41, 5.74) is 0.0504. The van der Waals surface area contributed by atoms with Crippen molar-refractivity contribution in [2.45, 2.75) is 39.9 Å². The number of aryl methyl sites for hydroxylation is 1. The molecule has 0 atom stereocenters. The molecule has 0 bridgehead atoms. The predicted molar refractivity (Wildman–Crippen MR) is 111 cm³/mol. The summed E-state index contributed by atoms with van der Waals surface area (Å²) in [5, 5.41) is 4.65. The monoisotopic (exact) mass is 412 g/mol. The minimum absolute atomic E-state index is 0.190. The molecule has 3 rings (SSSR count). The van der Waals surface area contributed by atoms with Crippen molar-refractivity contribution < 1.29 is 9.59 Å². The number of hydrogen-bond acceptors (Lipinski definition) is 5. The van der Waals surface area contributed by atoms with Crippen molar-refractivity contribution >= 4 is 23.1 Å². The molecule has 10 nitrogen and oxygen atoms in total. The number of amides is 3. The molecule has 0 aliphatic heterocycles. The Morgan fingerprint density at radius 2 is 1.80 bits per heavy atom. The van der Waals surface area contributed by atoms with Crippen LogP contribution in [0.15, 0.2) is 46.2 Å². The first-order valence-electron chi connectivity index (χ1n) is 9.76. The first-order valence-corrected chi connectivity index (χ1v) is 9.76. The van der Waals surface area contributed by atoms with Crippen molar-refractivity contribution in [1.29, 1.82) is 0 Å². The molecule has 2 N–H and O–H groups in total. The Hall–Kier alpha value is -3.69. The van der Waals surface area contributed by atoms with Gasteiger partial charge in [-0.05, 0) is 18.9 Å². The van der Waals surface area contributed by atoms with Crippen LogP contribution in [-0.2, 0) is 24.4 Å². The summed E-state index contributed by atoms with van der Waals surface area (Å²) in [4.78, 5) is 54.4. The number of hydrogen-bond donors (Lipinski definition) is 2. The fourth-order valence-corrected chi connectivity index (χ4v) is 3.12. The molecule has 1 aromatic carbocycles. The number of carbonyl (C=O) groups excluding carboxylic acids is 2. The van der Waals surface area contributed by atoms with Crippen LogP contribution in [0.1, 0.15) is 25.8 Å². The van der Waals surface area contributed by atoms with Gasteiger partial charge in [0, 0.05) is 13.1 Å². The van der Waals surface area contributed by atoms with Gasteiger partial charge in [0.1, 0.15) is 6.54 Å². The Morgan fingerprint density at radius 3 is 2.47 bits per heavy atom. The highest BCUT2D eigenvalue weighted by atomic mass is 16.2. The Kier molecular flexibility index (Phi) is 6.45. The fraction of sp³-hybridized carbons (Fsp3) is 0.350. The molecule has 2 heterocycles. The molecular weight excluding hydrogens is 388 g/mol. The predicted octanol–water partition coefficient (Wildman–Crippen LogP) is 0.664. The van der Waals surface area contributed by atoms with E-state index in [1.807, 2.05) is 44.2 Å². The normalized spacial score (nSPS) is 10.9. The quantitative estimate of drug-likeness (QED) is 0.591. The summed E-state index contributed by atoms with van der Waals surface area (Å²) < 4.78 is 3.82. The molecule has 0 spiro atoms. The number of benzene rings is 1. The highest BCUT2D eigenvalue weighted by Crippen LogP contribution is 2.09. The van der Waals surface area contributed by atoms with Crippen molar-refractivity contribution in [3.8, 4) is 0 Å². The topological polar surface area (TPSA) is 120 Å². The van der Waals surface area contributed by atoms with Crippen LogP contribution in [0.3, 0.4) is 0 Å². The van der Waals surface area contributed by atoms with Crippen LogP contribution in [0.4, 0.5) is 4.79 Å². The average Bonchev–Trinajstić information content (AvgIpc) is 3.17. The number of nitrogens with one attached hydrogen (secondary N) is 2. The van der Waals surface area contributed by atoms with Crippen LogP contribution in [0.2, 0.25) is 0 Å².